The summed E-state index contributed by atoms with van der Waals surface area (Å²) < 4.78 is 3.42. The van der Waals surface area contributed by atoms with Crippen molar-refractivity contribution in [1.82, 2.24) is 29.5 Å². The van der Waals surface area contributed by atoms with Crippen LogP contribution in [0.2, 0.25) is 0 Å². The molecule has 5 heterocycles. The van der Waals surface area contributed by atoms with Crippen LogP contribution in [0.5, 0.6) is 0 Å². The van der Waals surface area contributed by atoms with Gasteiger partial charge in [-0.05, 0) is 24.2 Å². The van der Waals surface area contributed by atoms with E-state index in [2.05, 4.69) is 25.1 Å². The fourth-order valence-corrected chi connectivity index (χ4v) is 5.01. The number of aromatic nitrogens is 6. The third kappa shape index (κ3) is 2.99. The van der Waals surface area contributed by atoms with Gasteiger partial charge in [-0.25, -0.2) is 14.6 Å². The first-order valence-corrected chi connectivity index (χ1v) is 10.4. The molecule has 1 unspecified atom stereocenters. The van der Waals surface area contributed by atoms with Gasteiger partial charge in [-0.1, -0.05) is 0 Å². The molecular weight excluding hydrogens is 362 g/mol. The predicted molar refractivity (Wildman–Crippen MR) is 105 cm³/mol. The average molecular weight is 383 g/mol. The third-order valence-corrected chi connectivity index (χ3v) is 6.36. The molecule has 2 aliphatic rings. The summed E-state index contributed by atoms with van der Waals surface area (Å²) in [5, 5.41) is 10.0. The van der Waals surface area contributed by atoms with E-state index in [9.17, 15) is 4.79 Å². The first kappa shape index (κ1) is 16.7. The number of aryl methyl sites for hydroxylation is 2. The average Bonchev–Trinajstić information content (AvgIpc) is 3.27. The quantitative estimate of drug-likeness (QED) is 0.676. The second-order valence-electron chi connectivity index (χ2n) is 7.17. The lowest BCUT2D eigenvalue weighted by Crippen LogP contribution is -2.38. The van der Waals surface area contributed by atoms with Crippen LogP contribution in [-0.2, 0) is 25.8 Å². The zero-order chi connectivity index (χ0) is 18.4. The molecule has 0 N–H and O–H groups in total. The molecule has 2 aliphatic heterocycles. The van der Waals surface area contributed by atoms with Crippen LogP contribution in [0, 0.1) is 0 Å². The standard InChI is InChI=1S/C18H21N7OS/c1-23-9-14-17(22-23)19-11-20-18(14)24-5-2-3-13(24)8-25-16(26)7-12-10-27-6-4-15(12)21-25/h7,9,11,13H,2-6,8,10H2,1H3. The predicted octanol–water partition coefficient (Wildman–Crippen LogP) is 1.38. The highest BCUT2D eigenvalue weighted by atomic mass is 32.2. The summed E-state index contributed by atoms with van der Waals surface area (Å²) in [6.07, 6.45) is 6.57. The van der Waals surface area contributed by atoms with Gasteiger partial charge in [0, 0.05) is 38.0 Å². The summed E-state index contributed by atoms with van der Waals surface area (Å²) in [5.74, 6) is 2.87. The molecule has 1 fully saturated rings. The minimum Gasteiger partial charge on any atom is -0.351 e. The van der Waals surface area contributed by atoms with Crippen molar-refractivity contribution in [3.8, 4) is 0 Å². The molecule has 27 heavy (non-hydrogen) atoms. The van der Waals surface area contributed by atoms with Gasteiger partial charge >= 0.3 is 0 Å². The van der Waals surface area contributed by atoms with Crippen LogP contribution in [0.1, 0.15) is 24.1 Å². The molecule has 0 saturated carbocycles. The smallest absolute Gasteiger partial charge is 0.267 e. The van der Waals surface area contributed by atoms with E-state index in [-0.39, 0.29) is 11.6 Å². The van der Waals surface area contributed by atoms with Gasteiger partial charge in [0.05, 0.1) is 23.7 Å². The molecule has 5 rings (SSSR count). The summed E-state index contributed by atoms with van der Waals surface area (Å²) in [6.45, 7) is 1.51. The van der Waals surface area contributed by atoms with E-state index in [4.69, 9.17) is 0 Å². The highest BCUT2D eigenvalue weighted by Gasteiger charge is 2.29. The fourth-order valence-electron chi connectivity index (χ4n) is 4.05. The number of nitrogens with zero attached hydrogens (tertiary/aromatic N) is 7. The van der Waals surface area contributed by atoms with Crippen LogP contribution in [0.15, 0.2) is 23.4 Å². The van der Waals surface area contributed by atoms with Gasteiger partial charge in [0.25, 0.3) is 5.56 Å². The molecule has 9 heteroatoms. The van der Waals surface area contributed by atoms with Crippen molar-refractivity contribution in [2.24, 2.45) is 7.05 Å². The molecule has 0 spiro atoms. The fraction of sp³-hybridized carbons (Fsp3) is 0.500. The highest BCUT2D eigenvalue weighted by molar-refractivity contribution is 7.98. The van der Waals surface area contributed by atoms with Crippen LogP contribution in [-0.4, -0.2) is 47.9 Å². The van der Waals surface area contributed by atoms with Crippen molar-refractivity contribution < 1.29 is 0 Å². The maximum absolute atomic E-state index is 12.6. The lowest BCUT2D eigenvalue weighted by Gasteiger charge is -2.26. The van der Waals surface area contributed by atoms with E-state index >= 15 is 0 Å². The highest BCUT2D eigenvalue weighted by Crippen LogP contribution is 2.29. The number of hydrogen-bond donors (Lipinski definition) is 0. The lowest BCUT2D eigenvalue weighted by atomic mass is 10.2. The van der Waals surface area contributed by atoms with Crippen molar-refractivity contribution in [1.29, 1.82) is 0 Å². The van der Waals surface area contributed by atoms with Gasteiger partial charge in [-0.3, -0.25) is 9.48 Å². The van der Waals surface area contributed by atoms with Crippen LogP contribution in [0.3, 0.4) is 0 Å². The molecular formula is C18H21N7OS. The Bertz CT molecular complexity index is 1060. The zero-order valence-corrected chi connectivity index (χ0v) is 16.0. The second kappa shape index (κ2) is 6.63. The Hall–Kier alpha value is -2.42. The van der Waals surface area contributed by atoms with E-state index in [0.717, 1.165) is 59.8 Å². The van der Waals surface area contributed by atoms with E-state index in [1.165, 1.54) is 0 Å². The van der Waals surface area contributed by atoms with Crippen molar-refractivity contribution in [3.05, 3.63) is 40.2 Å². The van der Waals surface area contributed by atoms with Crippen LogP contribution >= 0.6 is 11.8 Å². The lowest BCUT2D eigenvalue weighted by molar-refractivity contribution is 0.480. The first-order valence-electron chi connectivity index (χ1n) is 9.28. The van der Waals surface area contributed by atoms with Crippen molar-refractivity contribution >= 4 is 28.6 Å². The van der Waals surface area contributed by atoms with Gasteiger partial charge in [0.1, 0.15) is 12.1 Å². The second-order valence-corrected chi connectivity index (χ2v) is 8.27. The number of rotatable bonds is 3. The van der Waals surface area contributed by atoms with Gasteiger partial charge in [0.2, 0.25) is 0 Å². The number of anilines is 1. The minimum atomic E-state index is -0.00249. The summed E-state index contributed by atoms with van der Waals surface area (Å²) in [7, 11) is 1.89. The molecule has 0 amide bonds. The molecule has 3 aromatic rings. The Kier molecular flexibility index (Phi) is 4.11. The molecule has 3 aromatic heterocycles. The van der Waals surface area contributed by atoms with Gasteiger partial charge in [0.15, 0.2) is 5.65 Å². The topological polar surface area (TPSA) is 81.7 Å². The molecule has 140 valence electrons. The maximum atomic E-state index is 12.6. The van der Waals surface area contributed by atoms with Gasteiger partial charge < -0.3 is 4.90 Å². The minimum absolute atomic E-state index is 0.00249. The van der Waals surface area contributed by atoms with Gasteiger partial charge in [-0.15, -0.1) is 0 Å². The Morgan fingerprint density at radius 2 is 2.22 bits per heavy atom. The Morgan fingerprint density at radius 3 is 3.15 bits per heavy atom. The van der Waals surface area contributed by atoms with Crippen molar-refractivity contribution in [2.45, 2.75) is 37.6 Å². The molecule has 8 nitrogen and oxygen atoms in total. The summed E-state index contributed by atoms with van der Waals surface area (Å²) >= 11 is 1.87. The van der Waals surface area contributed by atoms with Crippen molar-refractivity contribution in [3.63, 3.8) is 0 Å². The number of hydrogen-bond acceptors (Lipinski definition) is 7. The van der Waals surface area contributed by atoms with E-state index in [1.54, 1.807) is 21.8 Å². The Morgan fingerprint density at radius 1 is 1.30 bits per heavy atom. The monoisotopic (exact) mass is 383 g/mol. The van der Waals surface area contributed by atoms with E-state index in [0.29, 0.717) is 12.2 Å². The maximum Gasteiger partial charge on any atom is 0.267 e. The van der Waals surface area contributed by atoms with Crippen LogP contribution in [0.25, 0.3) is 11.0 Å². The summed E-state index contributed by atoms with van der Waals surface area (Å²) in [5.41, 5.74) is 2.88. The number of thioether (sulfide) groups is 1. The normalized spacial score (nSPS) is 19.6. The largest absolute Gasteiger partial charge is 0.351 e. The molecule has 1 atom stereocenters. The molecule has 1 saturated heterocycles. The number of fused-ring (bicyclic) bond motifs is 2. The zero-order valence-electron chi connectivity index (χ0n) is 15.2. The van der Waals surface area contributed by atoms with Crippen molar-refractivity contribution in [2.75, 3.05) is 17.2 Å². The molecule has 0 aromatic carbocycles. The molecule has 0 aliphatic carbocycles. The van der Waals surface area contributed by atoms with Crippen LogP contribution < -0.4 is 10.5 Å². The Balaban J connectivity index is 1.47. The first-order chi connectivity index (χ1) is 13.2. The van der Waals surface area contributed by atoms with Gasteiger partial charge in [-0.2, -0.15) is 22.0 Å². The molecule has 0 radical (unpaired) electrons. The van der Waals surface area contributed by atoms with E-state index in [1.807, 2.05) is 25.0 Å². The molecule has 0 bridgehead atoms. The third-order valence-electron chi connectivity index (χ3n) is 5.35. The van der Waals surface area contributed by atoms with Crippen LogP contribution in [0.4, 0.5) is 5.82 Å². The Labute approximate surface area is 160 Å². The van der Waals surface area contributed by atoms with E-state index < -0.39 is 0 Å². The SMILES string of the molecule is Cn1cc2c(N3CCCC3Cn3nc4c(cc3=O)CSCC4)ncnc2n1. The summed E-state index contributed by atoms with van der Waals surface area (Å²) in [4.78, 5) is 23.7. The summed E-state index contributed by atoms with van der Waals surface area (Å²) in [6, 6.07) is 1.97.